The van der Waals surface area contributed by atoms with Gasteiger partial charge in [0.2, 0.25) is 5.91 Å². The average Bonchev–Trinajstić information content (AvgIpc) is 2.76. The van der Waals surface area contributed by atoms with Crippen molar-refractivity contribution in [2.45, 2.75) is 26.7 Å². The first-order valence-corrected chi connectivity index (χ1v) is 6.06. The van der Waals surface area contributed by atoms with Crippen LogP contribution in [0.5, 0.6) is 0 Å². The van der Waals surface area contributed by atoms with Gasteiger partial charge in [-0.25, -0.2) is 0 Å². The van der Waals surface area contributed by atoms with E-state index in [-0.39, 0.29) is 11.3 Å². The van der Waals surface area contributed by atoms with E-state index < -0.39 is 0 Å². The molecule has 1 amide bonds. The molecule has 0 aromatic carbocycles. The molecule has 0 spiro atoms. The summed E-state index contributed by atoms with van der Waals surface area (Å²) >= 11 is 0. The van der Waals surface area contributed by atoms with Crippen LogP contribution >= 0.6 is 0 Å². The number of carbonyl (C=O) groups excluding carboxylic acids is 1. The fourth-order valence-corrected chi connectivity index (χ4v) is 1.74. The molecule has 4 heteroatoms. The number of rotatable bonds is 7. The van der Waals surface area contributed by atoms with E-state index in [1.807, 2.05) is 25.5 Å². The number of hydrogen-bond acceptors (Lipinski definition) is 2. The molecule has 0 saturated heterocycles. The Morgan fingerprint density at radius 1 is 1.41 bits per heavy atom. The van der Waals surface area contributed by atoms with Gasteiger partial charge in [-0.1, -0.05) is 13.8 Å². The van der Waals surface area contributed by atoms with Gasteiger partial charge in [-0.3, -0.25) is 4.79 Å². The highest BCUT2D eigenvalue weighted by atomic mass is 16.1. The van der Waals surface area contributed by atoms with Crippen LogP contribution in [0.15, 0.2) is 18.5 Å². The van der Waals surface area contributed by atoms with E-state index >= 15 is 0 Å². The molecule has 0 unspecified atom stereocenters. The number of amides is 1. The highest BCUT2D eigenvalue weighted by Crippen LogP contribution is 2.11. The maximum Gasteiger partial charge on any atom is 0.220 e. The predicted octanol–water partition coefficient (Wildman–Crippen LogP) is 1.31. The molecule has 0 atom stereocenters. The van der Waals surface area contributed by atoms with Crippen LogP contribution in [0.25, 0.3) is 0 Å². The largest absolute Gasteiger partial charge is 0.367 e. The zero-order valence-corrected chi connectivity index (χ0v) is 11.0. The molecule has 1 aromatic heterocycles. The third-order valence-electron chi connectivity index (χ3n) is 2.72. The molecule has 1 aromatic rings. The summed E-state index contributed by atoms with van der Waals surface area (Å²) in [6.45, 7) is 5.87. The summed E-state index contributed by atoms with van der Waals surface area (Å²) in [6, 6.07) is 2.00. The molecule has 0 aliphatic carbocycles. The lowest BCUT2D eigenvalue weighted by molar-refractivity contribution is -0.121. The number of aromatic amines is 1. The van der Waals surface area contributed by atoms with Crippen LogP contribution in [-0.4, -0.2) is 31.0 Å². The molecule has 0 fully saturated rings. The maximum absolute atomic E-state index is 11.6. The smallest absolute Gasteiger partial charge is 0.220 e. The van der Waals surface area contributed by atoms with Crippen molar-refractivity contribution in [2.75, 3.05) is 20.1 Å². The second kappa shape index (κ2) is 6.45. The Morgan fingerprint density at radius 2 is 2.18 bits per heavy atom. The minimum atomic E-state index is 0.0957. The van der Waals surface area contributed by atoms with E-state index in [2.05, 4.69) is 29.5 Å². The first kappa shape index (κ1) is 13.8. The summed E-state index contributed by atoms with van der Waals surface area (Å²) in [6.07, 6.45) is 5.15. The first-order chi connectivity index (χ1) is 8.03. The van der Waals surface area contributed by atoms with E-state index in [0.29, 0.717) is 13.0 Å². The molecule has 4 nitrogen and oxygen atoms in total. The monoisotopic (exact) mass is 237 g/mol. The zero-order valence-electron chi connectivity index (χ0n) is 11.0. The van der Waals surface area contributed by atoms with Crippen molar-refractivity contribution in [2.24, 2.45) is 5.41 Å². The molecule has 0 aliphatic heterocycles. The molecule has 17 heavy (non-hydrogen) atoms. The lowest BCUT2D eigenvalue weighted by atomic mass is 9.93. The van der Waals surface area contributed by atoms with Gasteiger partial charge < -0.3 is 15.6 Å². The number of aryl methyl sites for hydroxylation is 1. The van der Waals surface area contributed by atoms with E-state index in [9.17, 15) is 4.79 Å². The second-order valence-electron chi connectivity index (χ2n) is 5.19. The van der Waals surface area contributed by atoms with Crippen molar-refractivity contribution < 1.29 is 4.79 Å². The fourth-order valence-electron chi connectivity index (χ4n) is 1.74. The lowest BCUT2D eigenvalue weighted by Gasteiger charge is -2.24. The molecular formula is C13H23N3O. The Bertz CT molecular complexity index is 330. The molecule has 0 aliphatic rings. The minimum Gasteiger partial charge on any atom is -0.367 e. The van der Waals surface area contributed by atoms with Crippen molar-refractivity contribution >= 4 is 5.91 Å². The van der Waals surface area contributed by atoms with Gasteiger partial charge in [0.1, 0.15) is 0 Å². The molecule has 0 bridgehead atoms. The Morgan fingerprint density at radius 3 is 2.76 bits per heavy atom. The SMILES string of the molecule is CNCC(C)(C)CNC(=O)CCc1cc[nH]c1. The third-order valence-corrected chi connectivity index (χ3v) is 2.72. The topological polar surface area (TPSA) is 56.9 Å². The number of carbonyl (C=O) groups is 1. The molecule has 96 valence electrons. The van der Waals surface area contributed by atoms with Crippen molar-refractivity contribution in [1.82, 2.24) is 15.6 Å². The van der Waals surface area contributed by atoms with E-state index in [1.54, 1.807) is 0 Å². The Hall–Kier alpha value is -1.29. The maximum atomic E-state index is 11.6. The lowest BCUT2D eigenvalue weighted by Crippen LogP contribution is -2.39. The molecule has 1 heterocycles. The number of H-pyrrole nitrogens is 1. The number of nitrogens with one attached hydrogen (secondary N) is 3. The molecule has 0 radical (unpaired) electrons. The van der Waals surface area contributed by atoms with Crippen LogP contribution in [0.1, 0.15) is 25.8 Å². The predicted molar refractivity (Wildman–Crippen MR) is 69.8 cm³/mol. The van der Waals surface area contributed by atoms with E-state index in [0.717, 1.165) is 13.0 Å². The standard InChI is InChI=1S/C13H23N3O/c1-13(2,9-14-3)10-16-12(17)5-4-11-6-7-15-8-11/h6-8,14-15H,4-5,9-10H2,1-3H3,(H,16,17). The summed E-state index contributed by atoms with van der Waals surface area (Å²) < 4.78 is 0. The van der Waals surface area contributed by atoms with Gasteiger partial charge in [-0.15, -0.1) is 0 Å². The summed E-state index contributed by atoms with van der Waals surface area (Å²) in [5, 5.41) is 6.11. The van der Waals surface area contributed by atoms with Crippen LogP contribution in [0.2, 0.25) is 0 Å². The Balaban J connectivity index is 2.21. The summed E-state index contributed by atoms with van der Waals surface area (Å²) in [7, 11) is 1.93. The van der Waals surface area contributed by atoms with Crippen LogP contribution in [0.3, 0.4) is 0 Å². The van der Waals surface area contributed by atoms with E-state index in [1.165, 1.54) is 5.56 Å². The van der Waals surface area contributed by atoms with Gasteiger partial charge in [0.15, 0.2) is 0 Å². The molecular weight excluding hydrogens is 214 g/mol. The van der Waals surface area contributed by atoms with Crippen molar-refractivity contribution in [3.8, 4) is 0 Å². The fraction of sp³-hybridized carbons (Fsp3) is 0.615. The van der Waals surface area contributed by atoms with Crippen LogP contribution < -0.4 is 10.6 Å². The van der Waals surface area contributed by atoms with Crippen molar-refractivity contribution in [1.29, 1.82) is 0 Å². The van der Waals surface area contributed by atoms with Gasteiger partial charge in [0.05, 0.1) is 0 Å². The second-order valence-corrected chi connectivity index (χ2v) is 5.19. The minimum absolute atomic E-state index is 0.0957. The first-order valence-electron chi connectivity index (χ1n) is 6.06. The Labute approximate surface area is 103 Å². The summed E-state index contributed by atoms with van der Waals surface area (Å²) in [5.74, 6) is 0.121. The summed E-state index contributed by atoms with van der Waals surface area (Å²) in [4.78, 5) is 14.6. The van der Waals surface area contributed by atoms with Gasteiger partial charge in [0, 0.05) is 31.9 Å². The highest BCUT2D eigenvalue weighted by Gasteiger charge is 2.17. The number of aromatic nitrogens is 1. The number of hydrogen-bond donors (Lipinski definition) is 3. The van der Waals surface area contributed by atoms with Crippen molar-refractivity contribution in [3.63, 3.8) is 0 Å². The normalized spacial score (nSPS) is 11.5. The van der Waals surface area contributed by atoms with Gasteiger partial charge in [-0.2, -0.15) is 0 Å². The molecule has 1 rings (SSSR count). The van der Waals surface area contributed by atoms with Crippen LogP contribution in [0.4, 0.5) is 0 Å². The third kappa shape index (κ3) is 5.54. The zero-order chi connectivity index (χ0) is 12.7. The van der Waals surface area contributed by atoms with Gasteiger partial charge in [-0.05, 0) is 30.5 Å². The molecule has 3 N–H and O–H groups in total. The van der Waals surface area contributed by atoms with Crippen LogP contribution in [0, 0.1) is 5.41 Å². The molecule has 0 saturated carbocycles. The summed E-state index contributed by atoms with van der Waals surface area (Å²) in [5.41, 5.74) is 1.27. The Kier molecular flexibility index (Phi) is 5.22. The average molecular weight is 237 g/mol. The van der Waals surface area contributed by atoms with Crippen molar-refractivity contribution in [3.05, 3.63) is 24.0 Å². The van der Waals surface area contributed by atoms with Gasteiger partial charge in [0.25, 0.3) is 0 Å². The van der Waals surface area contributed by atoms with Gasteiger partial charge >= 0.3 is 0 Å². The quantitative estimate of drug-likeness (QED) is 0.669. The highest BCUT2D eigenvalue weighted by molar-refractivity contribution is 5.76. The van der Waals surface area contributed by atoms with E-state index in [4.69, 9.17) is 0 Å². The van der Waals surface area contributed by atoms with Crippen LogP contribution in [-0.2, 0) is 11.2 Å².